The van der Waals surface area contributed by atoms with E-state index in [0.717, 1.165) is 13.0 Å². The highest BCUT2D eigenvalue weighted by Gasteiger charge is 2.11. The number of halogens is 2. The van der Waals surface area contributed by atoms with Crippen LogP contribution in [0.25, 0.3) is 0 Å². The van der Waals surface area contributed by atoms with Gasteiger partial charge in [-0.1, -0.05) is 50.0 Å². The summed E-state index contributed by atoms with van der Waals surface area (Å²) < 4.78 is 0. The molecular formula is C14H20Cl2N2O. The van der Waals surface area contributed by atoms with Gasteiger partial charge in [0.05, 0.1) is 22.3 Å². The maximum absolute atomic E-state index is 11.8. The Kier molecular flexibility index (Phi) is 6.11. The Morgan fingerprint density at radius 3 is 2.32 bits per heavy atom. The van der Waals surface area contributed by atoms with Crippen molar-refractivity contribution in [3.8, 4) is 0 Å². The van der Waals surface area contributed by atoms with Gasteiger partial charge in [-0.05, 0) is 30.5 Å². The molecule has 1 aromatic rings. The zero-order valence-electron chi connectivity index (χ0n) is 11.5. The molecule has 1 rings (SSSR count). The van der Waals surface area contributed by atoms with Crippen LogP contribution in [0, 0.1) is 5.41 Å². The van der Waals surface area contributed by atoms with Gasteiger partial charge >= 0.3 is 0 Å². The molecule has 2 N–H and O–H groups in total. The van der Waals surface area contributed by atoms with E-state index in [-0.39, 0.29) is 17.9 Å². The normalized spacial score (nSPS) is 11.4. The Hall–Kier alpha value is -0.770. The summed E-state index contributed by atoms with van der Waals surface area (Å²) in [6.45, 7) is 7.54. The number of anilines is 1. The van der Waals surface area contributed by atoms with E-state index in [4.69, 9.17) is 23.2 Å². The smallest absolute Gasteiger partial charge is 0.238 e. The van der Waals surface area contributed by atoms with Gasteiger partial charge in [-0.25, -0.2) is 0 Å². The van der Waals surface area contributed by atoms with Crippen molar-refractivity contribution in [3.63, 3.8) is 0 Å². The fraction of sp³-hybridized carbons (Fsp3) is 0.500. The molecule has 19 heavy (non-hydrogen) atoms. The number of hydrogen-bond donors (Lipinski definition) is 2. The fourth-order valence-electron chi connectivity index (χ4n) is 1.47. The van der Waals surface area contributed by atoms with Crippen molar-refractivity contribution in [3.05, 3.63) is 28.2 Å². The summed E-state index contributed by atoms with van der Waals surface area (Å²) in [4.78, 5) is 11.8. The van der Waals surface area contributed by atoms with Crippen LogP contribution in [0.3, 0.4) is 0 Å². The lowest BCUT2D eigenvalue weighted by atomic mass is 9.92. The largest absolute Gasteiger partial charge is 0.322 e. The average Bonchev–Trinajstić information content (AvgIpc) is 2.28. The fourth-order valence-corrected chi connectivity index (χ4v) is 1.96. The second kappa shape index (κ2) is 7.13. The third-order valence-electron chi connectivity index (χ3n) is 2.56. The molecule has 0 saturated heterocycles. The third kappa shape index (κ3) is 6.28. The van der Waals surface area contributed by atoms with E-state index in [0.29, 0.717) is 15.7 Å². The zero-order chi connectivity index (χ0) is 14.5. The van der Waals surface area contributed by atoms with Crippen LogP contribution in [0.2, 0.25) is 10.0 Å². The molecule has 5 heteroatoms. The molecule has 3 nitrogen and oxygen atoms in total. The van der Waals surface area contributed by atoms with Gasteiger partial charge in [-0.3, -0.25) is 4.79 Å². The van der Waals surface area contributed by atoms with Crippen LogP contribution < -0.4 is 10.6 Å². The van der Waals surface area contributed by atoms with E-state index >= 15 is 0 Å². The van der Waals surface area contributed by atoms with Crippen molar-refractivity contribution >= 4 is 34.8 Å². The highest BCUT2D eigenvalue weighted by Crippen LogP contribution is 2.29. The summed E-state index contributed by atoms with van der Waals surface area (Å²) in [7, 11) is 0. The molecule has 0 unspecified atom stereocenters. The van der Waals surface area contributed by atoms with Crippen molar-refractivity contribution in [2.45, 2.75) is 27.2 Å². The molecule has 0 radical (unpaired) electrons. The van der Waals surface area contributed by atoms with E-state index in [9.17, 15) is 4.79 Å². The van der Waals surface area contributed by atoms with E-state index in [1.165, 1.54) is 0 Å². The Bertz CT molecular complexity index is 421. The molecule has 0 fully saturated rings. The van der Waals surface area contributed by atoms with Gasteiger partial charge < -0.3 is 10.6 Å². The first-order valence-corrected chi connectivity index (χ1v) is 7.00. The van der Waals surface area contributed by atoms with Gasteiger partial charge in [-0.2, -0.15) is 0 Å². The standard InChI is InChI=1S/C14H20Cl2N2O/c1-14(2,3)7-8-17-9-12(19)18-13-10(15)5-4-6-11(13)16/h4-6,17H,7-9H2,1-3H3,(H,18,19). The molecule has 0 aliphatic rings. The Labute approximate surface area is 124 Å². The first-order valence-electron chi connectivity index (χ1n) is 6.24. The zero-order valence-corrected chi connectivity index (χ0v) is 13.0. The monoisotopic (exact) mass is 302 g/mol. The van der Waals surface area contributed by atoms with Crippen molar-refractivity contribution in [2.75, 3.05) is 18.4 Å². The van der Waals surface area contributed by atoms with Crippen LogP contribution in [0.4, 0.5) is 5.69 Å². The number of rotatable bonds is 5. The van der Waals surface area contributed by atoms with Crippen molar-refractivity contribution < 1.29 is 4.79 Å². The summed E-state index contributed by atoms with van der Waals surface area (Å²) in [5, 5.41) is 6.69. The summed E-state index contributed by atoms with van der Waals surface area (Å²) in [5.41, 5.74) is 0.726. The minimum atomic E-state index is -0.149. The number of hydrogen-bond acceptors (Lipinski definition) is 2. The minimum Gasteiger partial charge on any atom is -0.322 e. The van der Waals surface area contributed by atoms with Crippen LogP contribution >= 0.6 is 23.2 Å². The van der Waals surface area contributed by atoms with E-state index in [1.807, 2.05) is 0 Å². The second-order valence-corrected chi connectivity index (χ2v) is 6.45. The molecule has 1 amide bonds. The van der Waals surface area contributed by atoms with Crippen LogP contribution in [0.15, 0.2) is 18.2 Å². The quantitative estimate of drug-likeness (QED) is 0.808. The molecule has 0 saturated carbocycles. The minimum absolute atomic E-state index is 0.149. The number of para-hydroxylation sites is 1. The Balaban J connectivity index is 2.40. The van der Waals surface area contributed by atoms with E-state index < -0.39 is 0 Å². The van der Waals surface area contributed by atoms with Gasteiger partial charge in [0.2, 0.25) is 5.91 Å². The lowest BCUT2D eigenvalue weighted by Crippen LogP contribution is -2.30. The molecule has 106 valence electrons. The molecule has 0 heterocycles. The van der Waals surface area contributed by atoms with E-state index in [2.05, 4.69) is 31.4 Å². The number of benzene rings is 1. The van der Waals surface area contributed by atoms with Crippen LogP contribution in [-0.2, 0) is 4.79 Å². The van der Waals surface area contributed by atoms with Crippen LogP contribution in [-0.4, -0.2) is 19.0 Å². The lowest BCUT2D eigenvalue weighted by molar-refractivity contribution is -0.115. The predicted octanol–water partition coefficient (Wildman–Crippen LogP) is 3.96. The van der Waals surface area contributed by atoms with Crippen LogP contribution in [0.5, 0.6) is 0 Å². The molecule has 0 aliphatic carbocycles. The van der Waals surface area contributed by atoms with Gasteiger partial charge in [0, 0.05) is 0 Å². The van der Waals surface area contributed by atoms with Gasteiger partial charge in [0.1, 0.15) is 0 Å². The first-order chi connectivity index (χ1) is 8.79. The molecule has 0 atom stereocenters. The first kappa shape index (κ1) is 16.3. The molecule has 1 aromatic carbocycles. The lowest BCUT2D eigenvalue weighted by Gasteiger charge is -2.18. The average molecular weight is 303 g/mol. The van der Waals surface area contributed by atoms with Crippen molar-refractivity contribution in [1.82, 2.24) is 5.32 Å². The van der Waals surface area contributed by atoms with Gasteiger partial charge in [0.25, 0.3) is 0 Å². The number of amides is 1. The number of nitrogens with one attached hydrogen (secondary N) is 2. The topological polar surface area (TPSA) is 41.1 Å². The molecule has 0 aromatic heterocycles. The summed E-state index contributed by atoms with van der Waals surface area (Å²) in [5.74, 6) is -0.149. The highest BCUT2D eigenvalue weighted by molar-refractivity contribution is 6.39. The van der Waals surface area contributed by atoms with Gasteiger partial charge in [0.15, 0.2) is 0 Å². The molecular weight excluding hydrogens is 283 g/mol. The third-order valence-corrected chi connectivity index (χ3v) is 3.19. The molecule has 0 aliphatic heterocycles. The van der Waals surface area contributed by atoms with Crippen molar-refractivity contribution in [1.29, 1.82) is 0 Å². The molecule has 0 bridgehead atoms. The van der Waals surface area contributed by atoms with Crippen molar-refractivity contribution in [2.24, 2.45) is 5.41 Å². The number of carbonyl (C=O) groups excluding carboxylic acids is 1. The summed E-state index contributed by atoms with van der Waals surface area (Å²) >= 11 is 12.0. The maximum Gasteiger partial charge on any atom is 0.238 e. The van der Waals surface area contributed by atoms with Gasteiger partial charge in [-0.15, -0.1) is 0 Å². The SMILES string of the molecule is CC(C)(C)CCNCC(=O)Nc1c(Cl)cccc1Cl. The summed E-state index contributed by atoms with van der Waals surface area (Å²) in [6, 6.07) is 5.12. The second-order valence-electron chi connectivity index (χ2n) is 5.63. The predicted molar refractivity (Wildman–Crippen MR) is 82.0 cm³/mol. The summed E-state index contributed by atoms with van der Waals surface area (Å²) in [6.07, 6.45) is 1.01. The van der Waals surface area contributed by atoms with Crippen LogP contribution in [0.1, 0.15) is 27.2 Å². The number of carbonyl (C=O) groups is 1. The van der Waals surface area contributed by atoms with E-state index in [1.54, 1.807) is 18.2 Å². The Morgan fingerprint density at radius 1 is 1.21 bits per heavy atom. The maximum atomic E-state index is 11.8. The Morgan fingerprint density at radius 2 is 1.79 bits per heavy atom. The molecule has 0 spiro atoms. The highest BCUT2D eigenvalue weighted by atomic mass is 35.5.